The lowest BCUT2D eigenvalue weighted by atomic mass is 9.75. The van der Waals surface area contributed by atoms with E-state index in [-0.39, 0.29) is 5.78 Å². The van der Waals surface area contributed by atoms with Gasteiger partial charge in [-0.05, 0) is 18.1 Å². The summed E-state index contributed by atoms with van der Waals surface area (Å²) in [7, 11) is 0. The van der Waals surface area contributed by atoms with Crippen LogP contribution in [0.4, 0.5) is 0 Å². The number of ketones is 1. The zero-order valence-corrected chi connectivity index (χ0v) is 11.7. The van der Waals surface area contributed by atoms with Crippen LogP contribution in [0.3, 0.4) is 0 Å². The molecule has 0 fully saturated rings. The standard InChI is InChI=1S/C19H18O/c1-4-15-11-9-10-14-17(15)18(20)19(3,5-2)16-12-7-6-8-13-16/h4-14H,1-2H2,3H3/t19-/m1/s1. The molecule has 2 aromatic carbocycles. The van der Waals surface area contributed by atoms with Crippen molar-refractivity contribution < 1.29 is 4.79 Å². The van der Waals surface area contributed by atoms with E-state index in [1.54, 1.807) is 12.2 Å². The molecule has 0 unspecified atom stereocenters. The van der Waals surface area contributed by atoms with Crippen molar-refractivity contribution >= 4 is 11.9 Å². The molecule has 0 amide bonds. The van der Waals surface area contributed by atoms with Gasteiger partial charge in [0.1, 0.15) is 0 Å². The van der Waals surface area contributed by atoms with Crippen LogP contribution in [-0.4, -0.2) is 5.78 Å². The fraction of sp³-hybridized carbons (Fsp3) is 0.105. The number of Topliss-reactive ketones (excluding diaryl/α,β-unsaturated/α-hetero) is 1. The van der Waals surface area contributed by atoms with Crippen molar-refractivity contribution in [3.63, 3.8) is 0 Å². The number of benzene rings is 2. The highest BCUT2D eigenvalue weighted by Gasteiger charge is 2.33. The van der Waals surface area contributed by atoms with Crippen LogP contribution >= 0.6 is 0 Å². The van der Waals surface area contributed by atoms with Gasteiger partial charge in [0.25, 0.3) is 0 Å². The fourth-order valence-electron chi connectivity index (χ4n) is 2.29. The Morgan fingerprint density at radius 2 is 1.60 bits per heavy atom. The maximum Gasteiger partial charge on any atom is 0.177 e. The molecule has 2 aromatic rings. The van der Waals surface area contributed by atoms with Crippen LogP contribution < -0.4 is 0 Å². The molecule has 0 aromatic heterocycles. The predicted molar refractivity (Wildman–Crippen MR) is 84.9 cm³/mol. The van der Waals surface area contributed by atoms with Gasteiger partial charge in [0, 0.05) is 5.56 Å². The Bertz CT molecular complexity index is 640. The lowest BCUT2D eigenvalue weighted by molar-refractivity contribution is 0.0927. The van der Waals surface area contributed by atoms with Gasteiger partial charge in [0.2, 0.25) is 0 Å². The molecule has 20 heavy (non-hydrogen) atoms. The molecule has 0 aliphatic rings. The molecule has 1 heteroatoms. The van der Waals surface area contributed by atoms with Crippen molar-refractivity contribution in [3.8, 4) is 0 Å². The summed E-state index contributed by atoms with van der Waals surface area (Å²) in [5.41, 5.74) is 1.73. The smallest absolute Gasteiger partial charge is 0.177 e. The molecule has 0 aliphatic heterocycles. The summed E-state index contributed by atoms with van der Waals surface area (Å²) in [6.07, 6.45) is 3.42. The third-order valence-electron chi connectivity index (χ3n) is 3.68. The molecular weight excluding hydrogens is 244 g/mol. The number of carbonyl (C=O) groups is 1. The summed E-state index contributed by atoms with van der Waals surface area (Å²) >= 11 is 0. The molecule has 1 nitrogen and oxygen atoms in total. The Morgan fingerprint density at radius 3 is 2.20 bits per heavy atom. The summed E-state index contributed by atoms with van der Waals surface area (Å²) in [6.45, 7) is 9.54. The zero-order chi connectivity index (χ0) is 14.6. The van der Waals surface area contributed by atoms with Gasteiger partial charge in [0.15, 0.2) is 5.78 Å². The van der Waals surface area contributed by atoms with Gasteiger partial charge in [-0.25, -0.2) is 0 Å². The molecule has 0 saturated heterocycles. The van der Waals surface area contributed by atoms with Crippen molar-refractivity contribution in [1.29, 1.82) is 0 Å². The largest absolute Gasteiger partial charge is 0.293 e. The van der Waals surface area contributed by atoms with Crippen molar-refractivity contribution in [1.82, 2.24) is 0 Å². The van der Waals surface area contributed by atoms with Crippen molar-refractivity contribution in [2.24, 2.45) is 0 Å². The van der Waals surface area contributed by atoms with E-state index in [0.29, 0.717) is 5.56 Å². The molecule has 0 bridgehead atoms. The number of carbonyl (C=O) groups excluding carboxylic acids is 1. The van der Waals surface area contributed by atoms with Gasteiger partial charge in [-0.1, -0.05) is 73.3 Å². The fourth-order valence-corrected chi connectivity index (χ4v) is 2.29. The quantitative estimate of drug-likeness (QED) is 0.566. The Balaban J connectivity index is 2.55. The molecule has 0 spiro atoms. The van der Waals surface area contributed by atoms with Crippen molar-refractivity contribution in [3.05, 3.63) is 90.5 Å². The van der Waals surface area contributed by atoms with E-state index in [9.17, 15) is 4.79 Å². The number of hydrogen-bond acceptors (Lipinski definition) is 1. The Morgan fingerprint density at radius 1 is 1.00 bits per heavy atom. The monoisotopic (exact) mass is 262 g/mol. The molecule has 1 atom stereocenters. The van der Waals surface area contributed by atoms with Crippen LogP contribution in [0.2, 0.25) is 0 Å². The first kappa shape index (κ1) is 14.0. The molecular formula is C19H18O. The van der Waals surface area contributed by atoms with E-state index >= 15 is 0 Å². The second-order valence-corrected chi connectivity index (χ2v) is 4.89. The van der Waals surface area contributed by atoms with Crippen LogP contribution in [0.5, 0.6) is 0 Å². The van der Waals surface area contributed by atoms with Gasteiger partial charge < -0.3 is 0 Å². The summed E-state index contributed by atoms with van der Waals surface area (Å²) < 4.78 is 0. The Hall–Kier alpha value is -2.41. The highest BCUT2D eigenvalue weighted by atomic mass is 16.1. The minimum absolute atomic E-state index is 0.0363. The van der Waals surface area contributed by atoms with Gasteiger partial charge in [-0.3, -0.25) is 4.79 Å². The molecule has 0 aliphatic carbocycles. The minimum atomic E-state index is -0.736. The van der Waals surface area contributed by atoms with E-state index < -0.39 is 5.41 Å². The van der Waals surface area contributed by atoms with Crippen LogP contribution in [0, 0.1) is 0 Å². The Labute approximate surface area is 120 Å². The van der Waals surface area contributed by atoms with Gasteiger partial charge in [-0.2, -0.15) is 0 Å². The van der Waals surface area contributed by atoms with Crippen LogP contribution in [0.1, 0.15) is 28.4 Å². The maximum atomic E-state index is 13.0. The topological polar surface area (TPSA) is 17.1 Å². The molecule has 0 saturated carbocycles. The summed E-state index contributed by atoms with van der Waals surface area (Å²) in [5, 5.41) is 0. The normalized spacial score (nSPS) is 13.2. The molecule has 2 rings (SSSR count). The van der Waals surface area contributed by atoms with E-state index in [0.717, 1.165) is 11.1 Å². The maximum absolute atomic E-state index is 13.0. The third kappa shape index (κ3) is 2.35. The van der Waals surface area contributed by atoms with E-state index in [4.69, 9.17) is 0 Å². The first-order valence-electron chi connectivity index (χ1n) is 6.59. The second kappa shape index (κ2) is 5.70. The van der Waals surface area contributed by atoms with Crippen LogP contribution in [0.15, 0.2) is 73.8 Å². The molecule has 100 valence electrons. The highest BCUT2D eigenvalue weighted by molar-refractivity contribution is 6.07. The average Bonchev–Trinajstić information content (AvgIpc) is 2.54. The molecule has 0 radical (unpaired) electrons. The Kier molecular flexibility index (Phi) is 3.99. The van der Waals surface area contributed by atoms with Crippen molar-refractivity contribution in [2.45, 2.75) is 12.3 Å². The predicted octanol–water partition coefficient (Wildman–Crippen LogP) is 4.66. The first-order chi connectivity index (χ1) is 9.63. The van der Waals surface area contributed by atoms with E-state index in [1.165, 1.54) is 0 Å². The van der Waals surface area contributed by atoms with Gasteiger partial charge in [0.05, 0.1) is 5.41 Å². The average molecular weight is 262 g/mol. The van der Waals surface area contributed by atoms with E-state index in [1.807, 2.05) is 61.5 Å². The van der Waals surface area contributed by atoms with Gasteiger partial charge in [-0.15, -0.1) is 6.58 Å². The van der Waals surface area contributed by atoms with Crippen molar-refractivity contribution in [2.75, 3.05) is 0 Å². The zero-order valence-electron chi connectivity index (χ0n) is 11.7. The molecule has 0 heterocycles. The van der Waals surface area contributed by atoms with E-state index in [2.05, 4.69) is 13.2 Å². The summed E-state index contributed by atoms with van der Waals surface area (Å²) in [6, 6.07) is 17.2. The van der Waals surface area contributed by atoms with Crippen LogP contribution in [-0.2, 0) is 5.41 Å². The molecule has 0 N–H and O–H groups in total. The number of allylic oxidation sites excluding steroid dienone is 1. The van der Waals surface area contributed by atoms with Crippen LogP contribution in [0.25, 0.3) is 6.08 Å². The third-order valence-corrected chi connectivity index (χ3v) is 3.68. The number of hydrogen-bond donors (Lipinski definition) is 0. The lowest BCUT2D eigenvalue weighted by Gasteiger charge is -2.25. The summed E-state index contributed by atoms with van der Waals surface area (Å²) in [5.74, 6) is 0.0363. The second-order valence-electron chi connectivity index (χ2n) is 4.89. The first-order valence-corrected chi connectivity index (χ1v) is 6.59. The minimum Gasteiger partial charge on any atom is -0.293 e. The number of rotatable bonds is 5. The van der Waals surface area contributed by atoms with Gasteiger partial charge >= 0.3 is 0 Å². The SMILES string of the molecule is C=Cc1ccccc1C(=O)[C@](C)(C=C)c1ccccc1. The highest BCUT2D eigenvalue weighted by Crippen LogP contribution is 2.30. The summed E-state index contributed by atoms with van der Waals surface area (Å²) in [4.78, 5) is 13.0. The lowest BCUT2D eigenvalue weighted by Crippen LogP contribution is -2.30.